The molecule has 0 radical (unpaired) electrons. The van der Waals surface area contributed by atoms with Crippen LogP contribution in [0, 0.1) is 6.92 Å². The average Bonchev–Trinajstić information content (AvgIpc) is 2.66. The highest BCUT2D eigenvalue weighted by Crippen LogP contribution is 2.23. The maximum absolute atomic E-state index is 12.8. The second-order valence-corrected chi connectivity index (χ2v) is 7.29. The minimum absolute atomic E-state index is 0.0511. The highest BCUT2D eigenvalue weighted by molar-refractivity contribution is 6.31. The van der Waals surface area contributed by atoms with E-state index in [0.29, 0.717) is 22.6 Å². The van der Waals surface area contributed by atoms with Crippen molar-refractivity contribution in [1.82, 2.24) is 9.88 Å². The Morgan fingerprint density at radius 1 is 1.22 bits per heavy atom. The Kier molecular flexibility index (Phi) is 4.72. The van der Waals surface area contributed by atoms with Gasteiger partial charge in [0.15, 0.2) is 5.43 Å². The number of H-pyrrole nitrogens is 1. The van der Waals surface area contributed by atoms with Crippen LogP contribution in [0.1, 0.15) is 16.8 Å². The minimum atomic E-state index is -0.110. The van der Waals surface area contributed by atoms with E-state index in [4.69, 9.17) is 11.6 Å². The van der Waals surface area contributed by atoms with Crippen LogP contribution in [0.15, 0.2) is 47.3 Å². The Labute approximate surface area is 162 Å². The zero-order valence-corrected chi connectivity index (χ0v) is 15.8. The second kappa shape index (κ2) is 7.18. The van der Waals surface area contributed by atoms with Crippen LogP contribution in [0.4, 0.5) is 5.69 Å². The molecule has 0 atom stereocenters. The first-order valence-electron chi connectivity index (χ1n) is 8.93. The molecule has 1 amide bonds. The Balaban J connectivity index is 1.51. The summed E-state index contributed by atoms with van der Waals surface area (Å²) in [6.45, 7) is 3.30. The summed E-state index contributed by atoms with van der Waals surface area (Å²) in [6.07, 6.45) is 0.721. The number of pyridine rings is 1. The van der Waals surface area contributed by atoms with Gasteiger partial charge in [0.05, 0.1) is 6.54 Å². The molecule has 1 aromatic heterocycles. The number of carbonyl (C=O) groups excluding carboxylic acids is 1. The second-order valence-electron chi connectivity index (χ2n) is 6.88. The number of anilines is 1. The number of aromatic nitrogens is 1. The summed E-state index contributed by atoms with van der Waals surface area (Å²) in [5.74, 6) is -0.110. The van der Waals surface area contributed by atoms with Crippen molar-refractivity contribution in [2.45, 2.75) is 19.9 Å². The number of rotatable bonds is 3. The molecule has 2 N–H and O–H groups in total. The van der Waals surface area contributed by atoms with Gasteiger partial charge in [0.2, 0.25) is 5.91 Å². The molecule has 0 aliphatic carbocycles. The molecule has 2 heterocycles. The number of carbonyl (C=O) groups is 1. The van der Waals surface area contributed by atoms with Gasteiger partial charge in [0.1, 0.15) is 0 Å². The summed E-state index contributed by atoms with van der Waals surface area (Å²) in [7, 11) is 0. The summed E-state index contributed by atoms with van der Waals surface area (Å²) >= 11 is 6.11. The largest absolute Gasteiger partial charge is 0.358 e. The highest BCUT2D eigenvalue weighted by atomic mass is 35.5. The monoisotopic (exact) mass is 381 g/mol. The Bertz CT molecular complexity index is 1090. The third kappa shape index (κ3) is 3.48. The topological polar surface area (TPSA) is 65.2 Å². The van der Waals surface area contributed by atoms with Crippen LogP contribution < -0.4 is 10.7 Å². The van der Waals surface area contributed by atoms with Crippen LogP contribution in [0.25, 0.3) is 10.9 Å². The summed E-state index contributed by atoms with van der Waals surface area (Å²) in [5.41, 5.74) is 4.21. The fourth-order valence-corrected chi connectivity index (χ4v) is 3.73. The third-order valence-corrected chi connectivity index (χ3v) is 5.47. The summed E-state index contributed by atoms with van der Waals surface area (Å²) in [4.78, 5) is 30.7. The molecule has 4 rings (SSSR count). The van der Waals surface area contributed by atoms with E-state index in [9.17, 15) is 9.59 Å². The smallest absolute Gasteiger partial charge is 0.238 e. The number of hydrogen-bond acceptors (Lipinski definition) is 3. The van der Waals surface area contributed by atoms with Crippen LogP contribution in [-0.4, -0.2) is 28.9 Å². The van der Waals surface area contributed by atoms with Gasteiger partial charge in [-0.15, -0.1) is 0 Å². The third-order valence-electron chi connectivity index (χ3n) is 5.06. The maximum atomic E-state index is 12.8. The van der Waals surface area contributed by atoms with Crippen LogP contribution in [0.2, 0.25) is 5.02 Å². The molecular formula is C21H20ClN3O2. The van der Waals surface area contributed by atoms with Gasteiger partial charge in [-0.3, -0.25) is 14.5 Å². The molecule has 27 heavy (non-hydrogen) atoms. The van der Waals surface area contributed by atoms with Crippen molar-refractivity contribution in [2.75, 3.05) is 18.4 Å². The van der Waals surface area contributed by atoms with Gasteiger partial charge < -0.3 is 10.3 Å². The number of benzene rings is 2. The van der Waals surface area contributed by atoms with E-state index >= 15 is 0 Å². The molecule has 0 unspecified atom stereocenters. The van der Waals surface area contributed by atoms with E-state index in [1.54, 1.807) is 6.07 Å². The molecular weight excluding hydrogens is 362 g/mol. The lowest BCUT2D eigenvalue weighted by atomic mass is 10.0. The zero-order chi connectivity index (χ0) is 19.0. The standard InChI is InChI=1S/C21H20ClN3O2/c1-13-16(22)6-4-8-17(13)24-20(26)12-25-10-9-19-15(11-25)21(27)14-5-2-3-7-18(14)23-19/h2-8H,9-12H2,1H3,(H,23,27)(H,24,26). The van der Waals surface area contributed by atoms with Crippen molar-refractivity contribution < 1.29 is 4.79 Å². The molecule has 2 aromatic carbocycles. The zero-order valence-electron chi connectivity index (χ0n) is 15.0. The molecule has 0 spiro atoms. The van der Waals surface area contributed by atoms with Crippen molar-refractivity contribution in [3.05, 3.63) is 74.5 Å². The highest BCUT2D eigenvalue weighted by Gasteiger charge is 2.22. The lowest BCUT2D eigenvalue weighted by Crippen LogP contribution is -2.39. The van der Waals surface area contributed by atoms with E-state index in [1.165, 1.54) is 0 Å². The van der Waals surface area contributed by atoms with Crippen molar-refractivity contribution in [3.63, 3.8) is 0 Å². The van der Waals surface area contributed by atoms with Gasteiger partial charge in [0.25, 0.3) is 0 Å². The van der Waals surface area contributed by atoms with E-state index in [2.05, 4.69) is 10.3 Å². The fourth-order valence-electron chi connectivity index (χ4n) is 3.55. The van der Waals surface area contributed by atoms with E-state index in [1.807, 2.05) is 48.2 Å². The van der Waals surface area contributed by atoms with Crippen molar-refractivity contribution in [1.29, 1.82) is 0 Å². The number of nitrogens with zero attached hydrogens (tertiary/aromatic N) is 1. The van der Waals surface area contributed by atoms with E-state index < -0.39 is 0 Å². The molecule has 0 saturated heterocycles. The molecule has 5 nitrogen and oxygen atoms in total. The van der Waals surface area contributed by atoms with Gasteiger partial charge in [-0.1, -0.05) is 29.8 Å². The molecule has 138 valence electrons. The quantitative estimate of drug-likeness (QED) is 0.730. The maximum Gasteiger partial charge on any atom is 0.238 e. The normalized spacial score (nSPS) is 14.1. The minimum Gasteiger partial charge on any atom is -0.358 e. The lowest BCUT2D eigenvalue weighted by Gasteiger charge is -2.28. The SMILES string of the molecule is Cc1c(Cl)cccc1NC(=O)CN1CCc2[nH]c3ccccc3c(=O)c2C1. The first kappa shape index (κ1) is 17.8. The number of halogens is 1. The Morgan fingerprint density at radius 3 is 2.89 bits per heavy atom. The summed E-state index contributed by atoms with van der Waals surface area (Å²) in [5, 5.41) is 4.23. The predicted octanol–water partition coefficient (Wildman–Crippen LogP) is 3.49. The first-order chi connectivity index (χ1) is 13.0. The van der Waals surface area contributed by atoms with Crippen LogP contribution in [0.5, 0.6) is 0 Å². The first-order valence-corrected chi connectivity index (χ1v) is 9.31. The fraction of sp³-hybridized carbons (Fsp3) is 0.238. The van der Waals surface area contributed by atoms with Gasteiger partial charge in [0, 0.05) is 52.4 Å². The molecule has 0 saturated carbocycles. The summed E-state index contributed by atoms with van der Waals surface area (Å²) in [6, 6.07) is 13.0. The molecule has 0 bridgehead atoms. The van der Waals surface area contributed by atoms with Gasteiger partial charge in [-0.2, -0.15) is 0 Å². The molecule has 1 aliphatic rings. The number of fused-ring (bicyclic) bond motifs is 2. The molecule has 0 fully saturated rings. The van der Waals surface area contributed by atoms with Gasteiger partial charge in [-0.05, 0) is 36.8 Å². The van der Waals surface area contributed by atoms with Crippen LogP contribution in [0.3, 0.4) is 0 Å². The average molecular weight is 382 g/mol. The van der Waals surface area contributed by atoms with Crippen LogP contribution >= 0.6 is 11.6 Å². The molecule has 1 aliphatic heterocycles. The number of hydrogen-bond donors (Lipinski definition) is 2. The number of nitrogens with one attached hydrogen (secondary N) is 2. The molecule has 3 aromatic rings. The number of aromatic amines is 1. The van der Waals surface area contributed by atoms with Gasteiger partial charge >= 0.3 is 0 Å². The van der Waals surface area contributed by atoms with Crippen molar-refractivity contribution in [3.8, 4) is 0 Å². The van der Waals surface area contributed by atoms with E-state index in [0.717, 1.165) is 35.3 Å². The lowest BCUT2D eigenvalue weighted by molar-refractivity contribution is -0.117. The predicted molar refractivity (Wildman–Crippen MR) is 108 cm³/mol. The molecule has 6 heteroatoms. The van der Waals surface area contributed by atoms with E-state index in [-0.39, 0.29) is 17.9 Å². The van der Waals surface area contributed by atoms with Crippen LogP contribution in [-0.2, 0) is 17.8 Å². The Hall–Kier alpha value is -2.63. The van der Waals surface area contributed by atoms with Crippen molar-refractivity contribution >= 4 is 34.1 Å². The van der Waals surface area contributed by atoms with Crippen molar-refractivity contribution in [2.24, 2.45) is 0 Å². The number of amides is 1. The number of para-hydroxylation sites is 1. The summed E-state index contributed by atoms with van der Waals surface area (Å²) < 4.78 is 0. The Morgan fingerprint density at radius 2 is 2.04 bits per heavy atom. The van der Waals surface area contributed by atoms with Gasteiger partial charge in [-0.25, -0.2) is 0 Å².